The number of sulfonamides is 1. The van der Waals surface area contributed by atoms with Crippen molar-refractivity contribution in [3.05, 3.63) is 42.2 Å². The normalized spacial score (nSPS) is 17.4. The summed E-state index contributed by atoms with van der Waals surface area (Å²) < 4.78 is 32.0. The monoisotopic (exact) mass is 461 g/mol. The van der Waals surface area contributed by atoms with Crippen LogP contribution in [0.15, 0.2) is 36.5 Å². The summed E-state index contributed by atoms with van der Waals surface area (Å²) in [6.07, 6.45) is 4.48. The van der Waals surface area contributed by atoms with E-state index in [4.69, 9.17) is 4.74 Å². The molecule has 2 aromatic heterocycles. The third-order valence-corrected chi connectivity index (χ3v) is 7.19. The zero-order valence-corrected chi connectivity index (χ0v) is 18.8. The van der Waals surface area contributed by atoms with Crippen molar-refractivity contribution in [2.24, 2.45) is 0 Å². The molecule has 9 nitrogen and oxygen atoms in total. The van der Waals surface area contributed by atoms with E-state index in [-0.39, 0.29) is 17.6 Å². The highest BCUT2D eigenvalue weighted by molar-refractivity contribution is 7.88. The molecular formula is C20H23N5O4S2. The smallest absolute Gasteiger partial charge is 0.269 e. The summed E-state index contributed by atoms with van der Waals surface area (Å²) in [5, 5.41) is 6.66. The lowest BCUT2D eigenvalue weighted by Crippen LogP contribution is -2.44. The molecule has 164 valence electrons. The fourth-order valence-electron chi connectivity index (χ4n) is 3.43. The van der Waals surface area contributed by atoms with Gasteiger partial charge >= 0.3 is 0 Å². The number of fused-ring (bicyclic) bond motifs is 1. The van der Waals surface area contributed by atoms with Gasteiger partial charge in [-0.2, -0.15) is 0 Å². The van der Waals surface area contributed by atoms with Crippen LogP contribution in [0.25, 0.3) is 10.2 Å². The van der Waals surface area contributed by atoms with Gasteiger partial charge in [0.25, 0.3) is 5.91 Å². The molecule has 1 aliphatic heterocycles. The van der Waals surface area contributed by atoms with Crippen LogP contribution in [-0.2, 0) is 10.0 Å². The van der Waals surface area contributed by atoms with Gasteiger partial charge in [-0.25, -0.2) is 17.7 Å². The SMILES string of the molecule is CNC(=O)c1cc(Oc2ccc3nc(N[C@H]4CCCN(S(C)(=O)=O)C4)sc3c2)ccn1. The molecule has 0 aliphatic carbocycles. The average Bonchev–Trinajstić information content (AvgIpc) is 3.14. The van der Waals surface area contributed by atoms with Crippen molar-refractivity contribution < 1.29 is 17.9 Å². The number of nitrogens with zero attached hydrogens (tertiary/aromatic N) is 3. The first-order chi connectivity index (χ1) is 14.8. The van der Waals surface area contributed by atoms with Crippen LogP contribution in [0.1, 0.15) is 23.3 Å². The van der Waals surface area contributed by atoms with Crippen molar-refractivity contribution in [1.29, 1.82) is 0 Å². The second kappa shape index (κ2) is 8.77. The fraction of sp³-hybridized carbons (Fsp3) is 0.350. The number of nitrogens with one attached hydrogen (secondary N) is 2. The Kier molecular flexibility index (Phi) is 6.08. The van der Waals surface area contributed by atoms with Gasteiger partial charge in [-0.05, 0) is 31.0 Å². The van der Waals surface area contributed by atoms with E-state index < -0.39 is 10.0 Å². The van der Waals surface area contributed by atoms with Crippen molar-refractivity contribution in [1.82, 2.24) is 19.6 Å². The maximum atomic E-state index is 11.8. The highest BCUT2D eigenvalue weighted by atomic mass is 32.2. The molecule has 1 aromatic carbocycles. The van der Waals surface area contributed by atoms with E-state index in [1.54, 1.807) is 19.2 Å². The standard InChI is InChI=1S/C20H23N5O4S2/c1-21-19(26)17-10-15(7-8-22-17)29-14-5-6-16-18(11-14)30-20(24-16)23-13-4-3-9-25(12-13)31(2,27)28/h5-8,10-11,13H,3-4,9,12H2,1-2H3,(H,21,26)(H,23,24)/t13-/m0/s1. The molecule has 0 unspecified atom stereocenters. The fourth-order valence-corrected chi connectivity index (χ4v) is 5.31. The maximum absolute atomic E-state index is 11.8. The molecule has 31 heavy (non-hydrogen) atoms. The molecule has 4 rings (SSSR count). The number of piperidine rings is 1. The Morgan fingerprint density at radius 2 is 2.06 bits per heavy atom. The molecule has 0 bridgehead atoms. The third kappa shape index (κ3) is 5.12. The summed E-state index contributed by atoms with van der Waals surface area (Å²) in [4.78, 5) is 20.4. The van der Waals surface area contributed by atoms with Crippen molar-refractivity contribution in [2.75, 3.05) is 31.7 Å². The molecule has 0 spiro atoms. The first kappa shape index (κ1) is 21.5. The second-order valence-electron chi connectivity index (χ2n) is 7.31. The molecular weight excluding hydrogens is 438 g/mol. The Balaban J connectivity index is 1.48. The van der Waals surface area contributed by atoms with E-state index in [2.05, 4.69) is 20.6 Å². The summed E-state index contributed by atoms with van der Waals surface area (Å²) >= 11 is 1.49. The van der Waals surface area contributed by atoms with Gasteiger partial charge in [0.2, 0.25) is 10.0 Å². The molecule has 1 aliphatic rings. The highest BCUT2D eigenvalue weighted by Crippen LogP contribution is 2.32. The Morgan fingerprint density at radius 1 is 1.26 bits per heavy atom. The van der Waals surface area contributed by atoms with E-state index in [0.29, 0.717) is 24.6 Å². The number of anilines is 1. The van der Waals surface area contributed by atoms with E-state index >= 15 is 0 Å². The average molecular weight is 462 g/mol. The number of pyridine rings is 1. The number of benzene rings is 1. The van der Waals surface area contributed by atoms with E-state index in [9.17, 15) is 13.2 Å². The van der Waals surface area contributed by atoms with Gasteiger partial charge in [-0.1, -0.05) is 11.3 Å². The van der Waals surface area contributed by atoms with E-state index in [1.807, 2.05) is 18.2 Å². The quantitative estimate of drug-likeness (QED) is 0.580. The molecule has 1 fully saturated rings. The third-order valence-electron chi connectivity index (χ3n) is 4.97. The van der Waals surface area contributed by atoms with Crippen molar-refractivity contribution in [3.63, 3.8) is 0 Å². The molecule has 0 radical (unpaired) electrons. The maximum Gasteiger partial charge on any atom is 0.269 e. The number of hydrogen-bond donors (Lipinski definition) is 2. The first-order valence-corrected chi connectivity index (χ1v) is 12.5. The second-order valence-corrected chi connectivity index (χ2v) is 10.3. The van der Waals surface area contributed by atoms with Crippen LogP contribution in [0.4, 0.5) is 5.13 Å². The number of carbonyl (C=O) groups excluding carboxylic acids is 1. The van der Waals surface area contributed by atoms with Gasteiger partial charge in [0.05, 0.1) is 16.5 Å². The van der Waals surface area contributed by atoms with Crippen LogP contribution in [0.3, 0.4) is 0 Å². The highest BCUT2D eigenvalue weighted by Gasteiger charge is 2.26. The van der Waals surface area contributed by atoms with E-state index in [0.717, 1.165) is 28.2 Å². The predicted molar refractivity (Wildman–Crippen MR) is 120 cm³/mol. The van der Waals surface area contributed by atoms with Crippen molar-refractivity contribution in [3.8, 4) is 11.5 Å². The minimum atomic E-state index is -3.19. The Hall–Kier alpha value is -2.76. The summed E-state index contributed by atoms with van der Waals surface area (Å²) in [5.41, 5.74) is 1.11. The Morgan fingerprint density at radius 3 is 2.84 bits per heavy atom. The molecule has 3 heterocycles. The number of ether oxygens (including phenoxy) is 1. The van der Waals surface area contributed by atoms with Crippen LogP contribution in [0, 0.1) is 0 Å². The van der Waals surface area contributed by atoms with Gasteiger partial charge in [-0.15, -0.1) is 0 Å². The predicted octanol–water partition coefficient (Wildman–Crippen LogP) is 2.68. The van der Waals surface area contributed by atoms with Crippen LogP contribution >= 0.6 is 11.3 Å². The van der Waals surface area contributed by atoms with Crippen LogP contribution in [0.5, 0.6) is 11.5 Å². The molecule has 1 saturated heterocycles. The van der Waals surface area contributed by atoms with Gasteiger partial charge < -0.3 is 15.4 Å². The van der Waals surface area contributed by atoms with Gasteiger partial charge in [0.1, 0.15) is 17.2 Å². The number of hydrogen-bond acceptors (Lipinski definition) is 8. The van der Waals surface area contributed by atoms with Crippen LogP contribution in [-0.4, -0.2) is 61.0 Å². The van der Waals surface area contributed by atoms with Gasteiger partial charge in [0.15, 0.2) is 5.13 Å². The lowest BCUT2D eigenvalue weighted by atomic mass is 10.1. The minimum Gasteiger partial charge on any atom is -0.457 e. The number of rotatable bonds is 6. The number of amides is 1. The largest absolute Gasteiger partial charge is 0.457 e. The van der Waals surface area contributed by atoms with Crippen LogP contribution in [0.2, 0.25) is 0 Å². The van der Waals surface area contributed by atoms with Crippen molar-refractivity contribution >= 4 is 42.6 Å². The Labute approximate surface area is 184 Å². The summed E-state index contributed by atoms with van der Waals surface area (Å²) in [6.45, 7) is 1.01. The lowest BCUT2D eigenvalue weighted by molar-refractivity contribution is 0.0958. The number of aromatic nitrogens is 2. The molecule has 2 N–H and O–H groups in total. The zero-order valence-electron chi connectivity index (χ0n) is 17.2. The summed E-state index contributed by atoms with van der Waals surface area (Å²) in [5.74, 6) is 0.854. The summed E-state index contributed by atoms with van der Waals surface area (Å²) in [6, 6.07) is 8.88. The first-order valence-electron chi connectivity index (χ1n) is 9.80. The summed E-state index contributed by atoms with van der Waals surface area (Å²) in [7, 11) is -1.64. The topological polar surface area (TPSA) is 114 Å². The molecule has 3 aromatic rings. The number of thiazole rings is 1. The molecule has 1 amide bonds. The molecule has 1 atom stereocenters. The minimum absolute atomic E-state index is 0.0275. The van der Waals surface area contributed by atoms with E-state index in [1.165, 1.54) is 28.1 Å². The van der Waals surface area contributed by atoms with Gasteiger partial charge in [-0.3, -0.25) is 9.78 Å². The van der Waals surface area contributed by atoms with Gasteiger partial charge in [0, 0.05) is 44.5 Å². The van der Waals surface area contributed by atoms with Crippen LogP contribution < -0.4 is 15.4 Å². The number of carbonyl (C=O) groups is 1. The van der Waals surface area contributed by atoms with Crippen molar-refractivity contribution in [2.45, 2.75) is 18.9 Å². The molecule has 11 heteroatoms. The Bertz CT molecular complexity index is 1210. The lowest BCUT2D eigenvalue weighted by Gasteiger charge is -2.31. The zero-order chi connectivity index (χ0) is 22.0. The molecule has 0 saturated carbocycles.